The van der Waals surface area contributed by atoms with Crippen LogP contribution < -0.4 is 24.6 Å². The second kappa shape index (κ2) is 13.7. The first-order valence-corrected chi connectivity index (χ1v) is 18.3. The topological polar surface area (TPSA) is 132 Å². The van der Waals surface area contributed by atoms with Crippen LogP contribution in [-0.4, -0.2) is 111 Å². The molecule has 0 saturated carbocycles. The van der Waals surface area contributed by atoms with Gasteiger partial charge >= 0.3 is 0 Å². The van der Waals surface area contributed by atoms with E-state index in [1.165, 1.54) is 17.0 Å². The molecule has 2 aromatic carbocycles. The first-order valence-electron chi connectivity index (χ1n) is 15.6. The van der Waals surface area contributed by atoms with Gasteiger partial charge in [-0.25, -0.2) is 13.4 Å². The number of hydrogen-bond acceptors (Lipinski definition) is 12. The number of halogens is 1. The van der Waals surface area contributed by atoms with Crippen molar-refractivity contribution in [3.05, 3.63) is 52.9 Å². The maximum Gasteiger partial charge on any atom is 0.232 e. The molecule has 2 saturated heterocycles. The number of ether oxygens (including phenoxy) is 1. The average molecular weight is 726 g/mol. The first-order chi connectivity index (χ1) is 22.5. The molecule has 6 rings (SSSR count). The molecule has 0 aliphatic carbocycles. The number of fused-ring (bicyclic) bond motifs is 1. The van der Waals surface area contributed by atoms with E-state index in [0.717, 1.165) is 69.6 Å². The number of aromatic nitrogens is 4. The summed E-state index contributed by atoms with van der Waals surface area (Å²) in [6.07, 6.45) is 8.25. The number of aryl methyl sites for hydroxylation is 1. The third kappa shape index (κ3) is 7.37. The number of likely N-dealkylation sites (N-methyl/N-ethyl adjacent to an activating group) is 1. The zero-order chi connectivity index (χ0) is 33.3. The molecule has 2 aromatic heterocycles. The van der Waals surface area contributed by atoms with E-state index in [2.05, 4.69) is 82.3 Å². The Morgan fingerprint density at radius 1 is 0.936 bits per heavy atom. The van der Waals surface area contributed by atoms with Gasteiger partial charge in [0.1, 0.15) is 11.6 Å². The largest absolute Gasteiger partial charge is 0.494 e. The molecule has 0 radical (unpaired) electrons. The third-order valence-corrected chi connectivity index (χ3v) is 10.8. The SMILES string of the molecule is COc1cc(N2CCC(N3CCN(C)CC3)CC2)c(C)cc1Nc1ncc(Br)c(Nc2cc3nccnc3cc2N(C)S(C)(=O)=O)n1. The summed E-state index contributed by atoms with van der Waals surface area (Å²) in [4.78, 5) is 25.5. The number of rotatable bonds is 9. The summed E-state index contributed by atoms with van der Waals surface area (Å²) in [6, 6.07) is 8.24. The highest BCUT2D eigenvalue weighted by molar-refractivity contribution is 9.10. The standard InChI is InChI=1S/C32H41BrN10O3S/c1-21-16-27(30(46-4)19-28(21)43-10-6-22(7-11-43)42-14-12-40(2)13-15-42)38-32-36-20-23(33)31(39-32)37-26-17-24-25(35-9-8-34-24)18-29(26)41(3)47(5,44)45/h8-9,16-20,22H,6-7,10-15H2,1-5H3,(H2,36,37,38,39). The zero-order valence-electron chi connectivity index (χ0n) is 27.4. The maximum atomic E-state index is 12.5. The second-order valence-electron chi connectivity index (χ2n) is 12.2. The molecule has 250 valence electrons. The highest BCUT2D eigenvalue weighted by atomic mass is 79.9. The number of piperazine rings is 1. The Hall–Kier alpha value is -3.79. The van der Waals surface area contributed by atoms with Crippen molar-refractivity contribution in [1.82, 2.24) is 29.7 Å². The third-order valence-electron chi connectivity index (χ3n) is 9.04. The van der Waals surface area contributed by atoms with Crippen LogP contribution >= 0.6 is 15.9 Å². The van der Waals surface area contributed by atoms with Crippen LogP contribution in [0, 0.1) is 6.92 Å². The predicted octanol–water partition coefficient (Wildman–Crippen LogP) is 4.60. The van der Waals surface area contributed by atoms with Crippen molar-refractivity contribution in [3.63, 3.8) is 0 Å². The molecule has 47 heavy (non-hydrogen) atoms. The van der Waals surface area contributed by atoms with Crippen molar-refractivity contribution in [2.75, 3.05) is 86.6 Å². The lowest BCUT2D eigenvalue weighted by Gasteiger charge is -2.43. The van der Waals surface area contributed by atoms with Crippen molar-refractivity contribution in [1.29, 1.82) is 0 Å². The van der Waals surface area contributed by atoms with Crippen molar-refractivity contribution in [2.45, 2.75) is 25.8 Å². The van der Waals surface area contributed by atoms with E-state index in [9.17, 15) is 8.42 Å². The lowest BCUT2D eigenvalue weighted by Crippen LogP contribution is -2.52. The smallest absolute Gasteiger partial charge is 0.232 e. The summed E-state index contributed by atoms with van der Waals surface area (Å²) in [6.45, 7) is 8.73. The highest BCUT2D eigenvalue weighted by Crippen LogP contribution is 2.38. The minimum absolute atomic E-state index is 0.340. The van der Waals surface area contributed by atoms with Gasteiger partial charge < -0.3 is 25.2 Å². The Morgan fingerprint density at radius 3 is 2.28 bits per heavy atom. The van der Waals surface area contributed by atoms with Gasteiger partial charge in [-0.3, -0.25) is 19.2 Å². The van der Waals surface area contributed by atoms with E-state index in [1.54, 1.807) is 37.8 Å². The number of anilines is 6. The first kappa shape index (κ1) is 33.1. The van der Waals surface area contributed by atoms with Crippen LogP contribution in [0.15, 0.2) is 47.3 Å². The minimum atomic E-state index is -3.56. The monoisotopic (exact) mass is 724 g/mol. The number of piperidine rings is 1. The van der Waals surface area contributed by atoms with Crippen molar-refractivity contribution < 1.29 is 13.2 Å². The molecule has 2 fully saturated rings. The van der Waals surface area contributed by atoms with Gasteiger partial charge in [-0.2, -0.15) is 4.98 Å². The summed E-state index contributed by atoms with van der Waals surface area (Å²) < 4.78 is 32.6. The van der Waals surface area contributed by atoms with Gasteiger partial charge in [-0.1, -0.05) is 0 Å². The molecular formula is C32H41BrN10O3S. The fourth-order valence-electron chi connectivity index (χ4n) is 6.25. The van der Waals surface area contributed by atoms with Crippen molar-refractivity contribution in [3.8, 4) is 5.75 Å². The molecule has 2 aliphatic rings. The van der Waals surface area contributed by atoms with E-state index in [4.69, 9.17) is 9.72 Å². The molecule has 2 N–H and O–H groups in total. The summed E-state index contributed by atoms with van der Waals surface area (Å²) in [5.74, 6) is 1.47. The van der Waals surface area contributed by atoms with Gasteiger partial charge in [0.25, 0.3) is 0 Å². The molecule has 0 atom stereocenters. The molecule has 0 unspecified atom stereocenters. The summed E-state index contributed by atoms with van der Waals surface area (Å²) in [7, 11) is 1.80. The Balaban J connectivity index is 1.22. The molecular weight excluding hydrogens is 684 g/mol. The molecule has 13 nitrogen and oxygen atoms in total. The van der Waals surface area contributed by atoms with Crippen LogP contribution in [-0.2, 0) is 10.0 Å². The zero-order valence-corrected chi connectivity index (χ0v) is 29.8. The van der Waals surface area contributed by atoms with Gasteiger partial charge in [0.15, 0.2) is 0 Å². The Labute approximate surface area is 284 Å². The fourth-order valence-corrected chi connectivity index (χ4v) is 7.04. The van der Waals surface area contributed by atoms with Crippen LogP contribution in [0.25, 0.3) is 11.0 Å². The normalized spacial score (nSPS) is 16.8. The van der Waals surface area contributed by atoms with Crippen LogP contribution in [0.2, 0.25) is 0 Å². The molecule has 0 bridgehead atoms. The van der Waals surface area contributed by atoms with Crippen LogP contribution in [0.1, 0.15) is 18.4 Å². The molecule has 2 aliphatic heterocycles. The van der Waals surface area contributed by atoms with Gasteiger partial charge in [0.2, 0.25) is 16.0 Å². The van der Waals surface area contributed by atoms with Crippen molar-refractivity contribution in [2.24, 2.45) is 0 Å². The van der Waals surface area contributed by atoms with Gasteiger partial charge in [-0.15, -0.1) is 0 Å². The Morgan fingerprint density at radius 2 is 1.62 bits per heavy atom. The summed E-state index contributed by atoms with van der Waals surface area (Å²) in [5.41, 5.74) is 5.11. The van der Waals surface area contributed by atoms with Gasteiger partial charge in [-0.05, 0) is 66.5 Å². The highest BCUT2D eigenvalue weighted by Gasteiger charge is 2.28. The van der Waals surface area contributed by atoms with E-state index in [-0.39, 0.29) is 0 Å². The number of nitrogens with zero attached hydrogens (tertiary/aromatic N) is 8. The average Bonchev–Trinajstić information content (AvgIpc) is 3.06. The molecule has 0 spiro atoms. The molecule has 4 aromatic rings. The van der Waals surface area contributed by atoms with E-state index < -0.39 is 10.0 Å². The number of sulfonamides is 1. The van der Waals surface area contributed by atoms with Crippen LogP contribution in [0.4, 0.5) is 34.5 Å². The van der Waals surface area contributed by atoms with Crippen LogP contribution in [0.3, 0.4) is 0 Å². The summed E-state index contributed by atoms with van der Waals surface area (Å²) in [5, 5.41) is 6.60. The Kier molecular flexibility index (Phi) is 9.69. The fraction of sp³-hybridized carbons (Fsp3) is 0.438. The van der Waals surface area contributed by atoms with Gasteiger partial charge in [0.05, 0.1) is 45.9 Å². The lowest BCUT2D eigenvalue weighted by molar-refractivity contribution is 0.0982. The maximum absolute atomic E-state index is 12.5. The van der Waals surface area contributed by atoms with Crippen LogP contribution in [0.5, 0.6) is 5.75 Å². The number of benzene rings is 2. The van der Waals surface area contributed by atoms with Crippen molar-refractivity contribution >= 4 is 71.5 Å². The minimum Gasteiger partial charge on any atom is -0.494 e. The number of hydrogen-bond donors (Lipinski definition) is 2. The predicted molar refractivity (Wildman–Crippen MR) is 191 cm³/mol. The van der Waals surface area contributed by atoms with E-state index in [1.807, 2.05) is 0 Å². The number of nitrogens with one attached hydrogen (secondary N) is 2. The Bertz CT molecular complexity index is 1860. The quantitative estimate of drug-likeness (QED) is 0.250. The summed E-state index contributed by atoms with van der Waals surface area (Å²) >= 11 is 3.54. The number of methoxy groups -OCH3 is 1. The van der Waals surface area contributed by atoms with Gasteiger partial charge in [0, 0.05) is 82.7 Å². The lowest BCUT2D eigenvalue weighted by atomic mass is 10.0. The molecule has 4 heterocycles. The molecule has 15 heteroatoms. The van der Waals surface area contributed by atoms with E-state index >= 15 is 0 Å². The van der Waals surface area contributed by atoms with E-state index in [0.29, 0.717) is 50.4 Å². The second-order valence-corrected chi connectivity index (χ2v) is 15.0. The molecule has 0 amide bonds.